The highest BCUT2D eigenvalue weighted by Gasteiger charge is 2.35. The molecule has 0 N–H and O–H groups in total. The number of fused-ring (bicyclic) bond motifs is 1. The minimum Gasteiger partial charge on any atom is -0.293 e. The van der Waals surface area contributed by atoms with E-state index in [0.29, 0.717) is 5.69 Å². The van der Waals surface area contributed by atoms with Gasteiger partial charge in [-0.05, 0) is 30.3 Å². The zero-order chi connectivity index (χ0) is 14.8. The van der Waals surface area contributed by atoms with E-state index in [1.165, 1.54) is 17.0 Å². The van der Waals surface area contributed by atoms with Crippen LogP contribution in [0.1, 0.15) is 15.9 Å². The summed E-state index contributed by atoms with van der Waals surface area (Å²) >= 11 is 0. The molecule has 0 aliphatic carbocycles. The number of hydrogen-bond donors (Lipinski definition) is 0. The van der Waals surface area contributed by atoms with E-state index in [4.69, 9.17) is 0 Å². The van der Waals surface area contributed by atoms with Crippen molar-refractivity contribution in [1.82, 2.24) is 0 Å². The Kier molecular flexibility index (Phi) is 3.25. The van der Waals surface area contributed by atoms with Gasteiger partial charge in [0.1, 0.15) is 5.82 Å². The molecule has 2 aromatic rings. The van der Waals surface area contributed by atoms with E-state index in [-0.39, 0.29) is 12.1 Å². The van der Waals surface area contributed by atoms with Crippen LogP contribution in [0.3, 0.4) is 0 Å². The number of rotatable bonds is 1. The highest BCUT2D eigenvalue weighted by molar-refractivity contribution is 6.52. The Hall–Kier alpha value is -2.93. The quantitative estimate of drug-likeness (QED) is 0.594. The zero-order valence-corrected chi connectivity index (χ0v) is 11.0. The Morgan fingerprint density at radius 1 is 1.05 bits per heavy atom. The van der Waals surface area contributed by atoms with Gasteiger partial charge < -0.3 is 0 Å². The molecular formula is C17H10FNO2. The van der Waals surface area contributed by atoms with E-state index in [9.17, 15) is 14.0 Å². The van der Waals surface area contributed by atoms with Gasteiger partial charge in [-0.15, -0.1) is 0 Å². The minimum absolute atomic E-state index is 0.0953. The fraction of sp³-hybridized carbons (Fsp3) is 0.0588. The molecule has 0 unspecified atom stereocenters. The van der Waals surface area contributed by atoms with Crippen LogP contribution in [0, 0.1) is 17.7 Å². The zero-order valence-electron chi connectivity index (χ0n) is 11.0. The van der Waals surface area contributed by atoms with E-state index in [1.807, 2.05) is 30.3 Å². The maximum absolute atomic E-state index is 13.2. The summed E-state index contributed by atoms with van der Waals surface area (Å²) in [5.74, 6) is 3.89. The van der Waals surface area contributed by atoms with Gasteiger partial charge in [0.05, 0.1) is 17.8 Å². The van der Waals surface area contributed by atoms with Crippen LogP contribution in [0.2, 0.25) is 0 Å². The van der Waals surface area contributed by atoms with Crippen molar-refractivity contribution in [3.63, 3.8) is 0 Å². The van der Waals surface area contributed by atoms with Crippen LogP contribution in [-0.4, -0.2) is 18.2 Å². The highest BCUT2D eigenvalue weighted by atomic mass is 19.1. The molecule has 1 aliphatic rings. The first-order valence-corrected chi connectivity index (χ1v) is 6.36. The van der Waals surface area contributed by atoms with Crippen LogP contribution in [0.15, 0.2) is 48.5 Å². The van der Waals surface area contributed by atoms with Gasteiger partial charge in [-0.25, -0.2) is 4.39 Å². The van der Waals surface area contributed by atoms with Crippen LogP contribution in [-0.2, 0) is 4.79 Å². The lowest BCUT2D eigenvalue weighted by Crippen LogP contribution is -2.29. The molecule has 0 fully saturated rings. The Morgan fingerprint density at radius 3 is 2.57 bits per heavy atom. The topological polar surface area (TPSA) is 37.4 Å². The first-order valence-electron chi connectivity index (χ1n) is 6.36. The summed E-state index contributed by atoms with van der Waals surface area (Å²) in [4.78, 5) is 25.0. The van der Waals surface area contributed by atoms with E-state index < -0.39 is 17.5 Å². The second kappa shape index (κ2) is 5.22. The summed E-state index contributed by atoms with van der Waals surface area (Å²) in [7, 11) is 0. The molecule has 0 saturated heterocycles. The number of carbonyl (C=O) groups excluding carboxylic acids is 2. The third-order valence-electron chi connectivity index (χ3n) is 3.18. The molecule has 1 amide bonds. The van der Waals surface area contributed by atoms with Crippen molar-refractivity contribution in [1.29, 1.82) is 0 Å². The van der Waals surface area contributed by atoms with Crippen molar-refractivity contribution < 1.29 is 14.0 Å². The molecule has 102 valence electrons. The summed E-state index contributed by atoms with van der Waals surface area (Å²) in [6.45, 7) is 0.0953. The highest BCUT2D eigenvalue weighted by Crippen LogP contribution is 2.28. The second-order valence-corrected chi connectivity index (χ2v) is 4.55. The van der Waals surface area contributed by atoms with Crippen LogP contribution < -0.4 is 4.90 Å². The fourth-order valence-electron chi connectivity index (χ4n) is 2.17. The van der Waals surface area contributed by atoms with Crippen LogP contribution in [0.4, 0.5) is 10.1 Å². The van der Waals surface area contributed by atoms with E-state index >= 15 is 0 Å². The lowest BCUT2D eigenvalue weighted by molar-refractivity contribution is -0.114. The van der Waals surface area contributed by atoms with E-state index in [0.717, 1.165) is 11.6 Å². The molecule has 0 bridgehead atoms. The van der Waals surface area contributed by atoms with E-state index in [2.05, 4.69) is 11.8 Å². The largest absolute Gasteiger partial charge is 0.300 e. The number of carbonyl (C=O) groups is 2. The molecule has 0 saturated carbocycles. The van der Waals surface area contributed by atoms with Crippen LogP contribution in [0.25, 0.3) is 0 Å². The Morgan fingerprint density at radius 2 is 1.81 bits per heavy atom. The van der Waals surface area contributed by atoms with Crippen molar-refractivity contribution in [3.05, 3.63) is 65.5 Å². The number of nitrogens with zero attached hydrogens (tertiary/aromatic N) is 1. The van der Waals surface area contributed by atoms with Crippen LogP contribution >= 0.6 is 0 Å². The second-order valence-electron chi connectivity index (χ2n) is 4.55. The molecule has 4 heteroatoms. The van der Waals surface area contributed by atoms with Crippen molar-refractivity contribution in [2.75, 3.05) is 11.4 Å². The van der Waals surface area contributed by atoms with E-state index in [1.54, 1.807) is 0 Å². The first-order chi connectivity index (χ1) is 10.2. The smallest absolute Gasteiger partial charge is 0.293 e. The molecule has 0 aromatic heterocycles. The summed E-state index contributed by atoms with van der Waals surface area (Å²) < 4.78 is 13.2. The van der Waals surface area contributed by atoms with Gasteiger partial charge >= 0.3 is 0 Å². The Bertz CT molecular complexity index is 787. The van der Waals surface area contributed by atoms with Gasteiger partial charge in [-0.2, -0.15) is 0 Å². The number of hydrogen-bond acceptors (Lipinski definition) is 2. The molecular weight excluding hydrogens is 269 g/mol. The first kappa shape index (κ1) is 13.1. The van der Waals surface area contributed by atoms with Gasteiger partial charge in [0.2, 0.25) is 0 Å². The van der Waals surface area contributed by atoms with Gasteiger partial charge in [0.15, 0.2) is 0 Å². The lowest BCUT2D eigenvalue weighted by Gasteiger charge is -2.12. The average Bonchev–Trinajstić information content (AvgIpc) is 2.73. The average molecular weight is 279 g/mol. The van der Waals surface area contributed by atoms with Crippen molar-refractivity contribution >= 4 is 17.4 Å². The molecule has 0 spiro atoms. The summed E-state index contributed by atoms with van der Waals surface area (Å²) in [6, 6.07) is 13.1. The Balaban J connectivity index is 1.86. The third-order valence-corrected chi connectivity index (χ3v) is 3.18. The molecule has 2 aromatic carbocycles. The number of amides is 1. The number of Topliss-reactive ketones (excluding diaryl/α,β-unsaturated/α-hetero) is 1. The Labute approximate surface area is 121 Å². The summed E-state index contributed by atoms with van der Waals surface area (Å²) in [6.07, 6.45) is 0. The van der Waals surface area contributed by atoms with Crippen molar-refractivity contribution in [2.45, 2.75) is 0 Å². The molecule has 0 radical (unpaired) electrons. The molecule has 1 aliphatic heterocycles. The number of ketones is 1. The monoisotopic (exact) mass is 279 g/mol. The van der Waals surface area contributed by atoms with Crippen LogP contribution in [0.5, 0.6) is 0 Å². The van der Waals surface area contributed by atoms with Crippen molar-refractivity contribution in [2.24, 2.45) is 0 Å². The normalized spacial score (nSPS) is 12.9. The lowest BCUT2D eigenvalue weighted by atomic mass is 10.1. The standard InChI is InChI=1S/C17H10FNO2/c18-13-8-9-15-14(11-13)16(20)17(21)19(15)10-4-7-12-5-2-1-3-6-12/h1-3,5-6,8-9,11H,10H2. The maximum Gasteiger partial charge on any atom is 0.300 e. The van der Waals surface area contributed by atoms with Crippen molar-refractivity contribution in [3.8, 4) is 11.8 Å². The molecule has 3 rings (SSSR count). The maximum atomic E-state index is 13.2. The summed E-state index contributed by atoms with van der Waals surface area (Å²) in [5, 5.41) is 0. The summed E-state index contributed by atoms with van der Waals surface area (Å²) in [5.41, 5.74) is 1.34. The third kappa shape index (κ3) is 2.41. The predicted molar refractivity (Wildman–Crippen MR) is 76.4 cm³/mol. The molecule has 3 nitrogen and oxygen atoms in total. The van der Waals surface area contributed by atoms with Gasteiger partial charge in [-0.3, -0.25) is 14.5 Å². The van der Waals surface area contributed by atoms with Gasteiger partial charge in [0.25, 0.3) is 11.7 Å². The molecule has 0 atom stereocenters. The number of benzene rings is 2. The molecule has 1 heterocycles. The van der Waals surface area contributed by atoms with Gasteiger partial charge in [-0.1, -0.05) is 30.0 Å². The van der Waals surface area contributed by atoms with Gasteiger partial charge in [0, 0.05) is 5.56 Å². The SMILES string of the molecule is O=C1C(=O)N(CC#Cc2ccccc2)c2ccc(F)cc21. The molecule has 21 heavy (non-hydrogen) atoms. The number of halogens is 1. The minimum atomic E-state index is -0.689. The predicted octanol–water partition coefficient (Wildman–Crippen LogP) is 2.41. The fourth-order valence-corrected chi connectivity index (χ4v) is 2.17. The number of anilines is 1.